The number of hydrogen-bond donors (Lipinski definition) is 4. The molecule has 1 fully saturated rings. The van der Waals surface area contributed by atoms with Gasteiger partial charge in [-0.05, 0) is 49.0 Å². The zero-order valence-electron chi connectivity index (χ0n) is 38.2. The Kier molecular flexibility index (Phi) is 27.0. The Balaban J connectivity index is 2.34. The van der Waals surface area contributed by atoms with E-state index in [2.05, 4.69) is 28.3 Å². The molecule has 1 aromatic rings. The lowest BCUT2D eigenvalue weighted by Crippen LogP contribution is -2.60. The molecule has 0 saturated heterocycles. The molecule has 0 bridgehead atoms. The number of esters is 1. The number of hydrazine groups is 1. The number of rotatable bonds is 30. The van der Waals surface area contributed by atoms with Crippen LogP contribution >= 0.6 is 0 Å². The maximum absolute atomic E-state index is 14.1. The average Bonchev–Trinajstić information content (AvgIpc) is 3.23. The Hall–Kier alpha value is -3.87. The van der Waals surface area contributed by atoms with Gasteiger partial charge in [0, 0.05) is 13.0 Å². The summed E-state index contributed by atoms with van der Waals surface area (Å²) in [7, 11) is 2.50. The molecule has 13 nitrogen and oxygen atoms in total. The van der Waals surface area contributed by atoms with Crippen LogP contribution in [0.2, 0.25) is 0 Å². The summed E-state index contributed by atoms with van der Waals surface area (Å²) in [5, 5.41) is 10.2. The van der Waals surface area contributed by atoms with E-state index in [0.29, 0.717) is 19.4 Å². The minimum Gasteiger partial charge on any atom is -0.459 e. The van der Waals surface area contributed by atoms with Crippen molar-refractivity contribution in [3.8, 4) is 0 Å². The van der Waals surface area contributed by atoms with E-state index in [0.717, 1.165) is 56.9 Å². The number of nitrogens with zero attached hydrogens (tertiary/aromatic N) is 1. The Labute approximate surface area is 361 Å². The largest absolute Gasteiger partial charge is 0.459 e. The van der Waals surface area contributed by atoms with Crippen LogP contribution in [0.15, 0.2) is 30.3 Å². The highest BCUT2D eigenvalue weighted by Crippen LogP contribution is 2.25. The fourth-order valence-corrected chi connectivity index (χ4v) is 7.91. The third kappa shape index (κ3) is 22.1. The lowest BCUT2D eigenvalue weighted by Gasteiger charge is -2.36. The lowest BCUT2D eigenvalue weighted by atomic mass is 9.89. The van der Waals surface area contributed by atoms with Crippen LogP contribution < -0.4 is 21.4 Å². The first-order valence-corrected chi connectivity index (χ1v) is 23.2. The minimum absolute atomic E-state index is 0.0736. The van der Waals surface area contributed by atoms with E-state index in [4.69, 9.17) is 14.2 Å². The van der Waals surface area contributed by atoms with E-state index in [1.807, 2.05) is 58.0 Å². The Bertz CT molecular complexity index is 1360. The molecule has 2 rings (SSSR count). The number of amides is 4. The number of carbonyl (C=O) groups is 5. The molecule has 1 aliphatic carbocycles. The van der Waals surface area contributed by atoms with E-state index in [1.165, 1.54) is 72.0 Å². The molecule has 0 heterocycles. The average molecular weight is 844 g/mol. The second kappa shape index (κ2) is 31.0. The molecule has 0 spiro atoms. The van der Waals surface area contributed by atoms with Crippen molar-refractivity contribution in [2.75, 3.05) is 27.3 Å². The summed E-state index contributed by atoms with van der Waals surface area (Å²) in [4.78, 5) is 66.4. The van der Waals surface area contributed by atoms with Gasteiger partial charge >= 0.3 is 18.2 Å². The van der Waals surface area contributed by atoms with Gasteiger partial charge in [-0.15, -0.1) is 0 Å². The van der Waals surface area contributed by atoms with Gasteiger partial charge in [-0.25, -0.2) is 14.6 Å². The second-order valence-electron chi connectivity index (χ2n) is 17.4. The van der Waals surface area contributed by atoms with Gasteiger partial charge in [-0.3, -0.25) is 19.8 Å². The predicted molar refractivity (Wildman–Crippen MR) is 237 cm³/mol. The predicted octanol–water partition coefficient (Wildman–Crippen LogP) is 8.78. The van der Waals surface area contributed by atoms with E-state index in [-0.39, 0.29) is 36.7 Å². The van der Waals surface area contributed by atoms with Crippen LogP contribution in [0.1, 0.15) is 162 Å². The Morgan fingerprint density at radius 1 is 0.667 bits per heavy atom. The molecule has 4 amide bonds. The lowest BCUT2D eigenvalue weighted by molar-refractivity contribution is -0.154. The number of alkyl carbamates (subject to hydrolysis) is 2. The molecule has 0 unspecified atom stereocenters. The third-order valence-corrected chi connectivity index (χ3v) is 11.5. The summed E-state index contributed by atoms with van der Waals surface area (Å²) in [5.74, 6) is -1.50. The molecule has 1 aliphatic rings. The van der Waals surface area contributed by atoms with Crippen molar-refractivity contribution in [1.29, 1.82) is 0 Å². The first-order valence-electron chi connectivity index (χ1n) is 23.2. The fraction of sp³-hybridized carbons (Fsp3) is 0.766. The Morgan fingerprint density at radius 3 is 1.67 bits per heavy atom. The quantitative estimate of drug-likeness (QED) is 0.0257. The van der Waals surface area contributed by atoms with Gasteiger partial charge in [0.2, 0.25) is 5.91 Å². The van der Waals surface area contributed by atoms with Crippen LogP contribution in [0.5, 0.6) is 0 Å². The SMILES string of the molecule is CCCCCCCCCCCCCCCC(=O)O[C@@H](CN(CC1CCCCC1)NC(=O)[C@@H](NC(=O)OC)C(C)C)[C@H](Cc1ccccc1)NC(=O)[C@@H](NC(=O)OC)C(C)C. The van der Waals surface area contributed by atoms with Gasteiger partial charge in [-0.1, -0.05) is 161 Å². The summed E-state index contributed by atoms with van der Waals surface area (Å²) in [6, 6.07) is 7.08. The van der Waals surface area contributed by atoms with Gasteiger partial charge in [0.1, 0.15) is 18.2 Å². The van der Waals surface area contributed by atoms with Gasteiger partial charge in [-0.2, -0.15) is 0 Å². The van der Waals surface area contributed by atoms with Gasteiger partial charge < -0.3 is 30.2 Å². The summed E-state index contributed by atoms with van der Waals surface area (Å²) >= 11 is 0. The number of benzene rings is 1. The molecule has 0 aromatic heterocycles. The molecule has 1 aromatic carbocycles. The fourth-order valence-electron chi connectivity index (χ4n) is 7.91. The molecule has 1 saturated carbocycles. The highest BCUT2D eigenvalue weighted by Gasteiger charge is 2.35. The highest BCUT2D eigenvalue weighted by molar-refractivity contribution is 5.86. The first-order chi connectivity index (χ1) is 28.9. The molecule has 0 radical (unpaired) electrons. The van der Waals surface area contributed by atoms with Crippen molar-refractivity contribution in [3.05, 3.63) is 35.9 Å². The first kappa shape index (κ1) is 52.3. The summed E-state index contributed by atoms with van der Waals surface area (Å²) in [6.45, 7) is 10.1. The number of unbranched alkanes of at least 4 members (excludes halogenated alkanes) is 12. The molecular weight excluding hydrogens is 763 g/mol. The monoisotopic (exact) mass is 844 g/mol. The van der Waals surface area contributed by atoms with Gasteiger partial charge in [0.05, 0.1) is 26.8 Å². The molecule has 4 atom stereocenters. The van der Waals surface area contributed by atoms with Crippen LogP contribution in [-0.2, 0) is 35.0 Å². The Morgan fingerprint density at radius 2 is 1.17 bits per heavy atom. The topological polar surface area (TPSA) is 164 Å². The second-order valence-corrected chi connectivity index (χ2v) is 17.4. The third-order valence-electron chi connectivity index (χ3n) is 11.5. The maximum Gasteiger partial charge on any atom is 0.407 e. The summed E-state index contributed by atoms with van der Waals surface area (Å²) in [6.07, 6.45) is 19.0. The van der Waals surface area contributed by atoms with Crippen LogP contribution in [0.25, 0.3) is 0 Å². The van der Waals surface area contributed by atoms with Crippen LogP contribution in [0.4, 0.5) is 9.59 Å². The van der Waals surface area contributed by atoms with E-state index in [9.17, 15) is 24.0 Å². The van der Waals surface area contributed by atoms with Crippen molar-refractivity contribution < 1.29 is 38.2 Å². The van der Waals surface area contributed by atoms with Crippen LogP contribution in [-0.4, -0.2) is 86.5 Å². The summed E-state index contributed by atoms with van der Waals surface area (Å²) in [5.41, 5.74) is 3.98. The number of methoxy groups -OCH3 is 2. The number of ether oxygens (including phenoxy) is 3. The van der Waals surface area contributed by atoms with Crippen LogP contribution in [0.3, 0.4) is 0 Å². The number of carbonyl (C=O) groups excluding carboxylic acids is 5. The molecule has 60 heavy (non-hydrogen) atoms. The van der Waals surface area contributed by atoms with Crippen molar-refractivity contribution >= 4 is 30.0 Å². The van der Waals surface area contributed by atoms with Crippen molar-refractivity contribution in [2.45, 2.75) is 187 Å². The van der Waals surface area contributed by atoms with Crippen molar-refractivity contribution in [2.24, 2.45) is 17.8 Å². The normalized spacial score (nSPS) is 15.2. The van der Waals surface area contributed by atoms with Gasteiger partial charge in [0.25, 0.3) is 5.91 Å². The zero-order valence-corrected chi connectivity index (χ0v) is 38.2. The zero-order chi connectivity index (χ0) is 44.1. The molecule has 0 aliphatic heterocycles. The standard InChI is InChI=1S/C47H81N5O8/c1-8-9-10-11-12-13-14-15-16-17-18-19-26-31-41(53)60-40(39(32-37-27-22-20-23-28-37)48-44(54)42(35(2)3)49-46(56)58-6)34-52(33-38-29-24-21-25-30-38)51-45(55)43(36(4)5)50-47(57)59-7/h20,22-23,27-28,35-36,38-40,42-43H,8-19,21,24-26,29-34H2,1-7H3,(H,48,54)(H,49,56)(H,50,57)(H,51,55)/t39-,40-,42-,43-/m0/s1. The molecule has 13 heteroatoms. The number of hydrogen-bond acceptors (Lipinski definition) is 9. The highest BCUT2D eigenvalue weighted by atomic mass is 16.5. The smallest absolute Gasteiger partial charge is 0.407 e. The molecule has 4 N–H and O–H groups in total. The van der Waals surface area contributed by atoms with E-state index < -0.39 is 48.2 Å². The van der Waals surface area contributed by atoms with E-state index >= 15 is 0 Å². The molecule has 342 valence electrons. The molecular formula is C47H81N5O8. The summed E-state index contributed by atoms with van der Waals surface area (Å²) < 4.78 is 16.0. The van der Waals surface area contributed by atoms with Crippen LogP contribution in [0, 0.1) is 17.8 Å². The minimum atomic E-state index is -0.924. The van der Waals surface area contributed by atoms with Crippen molar-refractivity contribution in [3.63, 3.8) is 0 Å². The van der Waals surface area contributed by atoms with Crippen molar-refractivity contribution in [1.82, 2.24) is 26.4 Å². The van der Waals surface area contributed by atoms with Gasteiger partial charge in [0.15, 0.2) is 0 Å². The van der Waals surface area contributed by atoms with E-state index in [1.54, 1.807) is 5.01 Å². The maximum atomic E-state index is 14.1. The number of nitrogens with one attached hydrogen (secondary N) is 4.